The maximum atomic E-state index is 13.4. The first kappa shape index (κ1) is 26.6. The van der Waals surface area contributed by atoms with Gasteiger partial charge in [-0.3, -0.25) is 0 Å². The summed E-state index contributed by atoms with van der Waals surface area (Å²) in [5, 5.41) is 10.4. The average molecular weight is 588 g/mol. The molecule has 218 valence electrons. The van der Waals surface area contributed by atoms with Crippen LogP contribution in [0.5, 0.6) is 11.5 Å². The lowest BCUT2D eigenvalue weighted by molar-refractivity contribution is 0.0224. The van der Waals surface area contributed by atoms with E-state index in [0.29, 0.717) is 17.1 Å². The second-order valence-corrected chi connectivity index (χ2v) is 11.3. The number of aryl methyl sites for hydroxylation is 1. The largest absolute Gasteiger partial charge is 0.456 e. The third-order valence-corrected chi connectivity index (χ3v) is 8.35. The third kappa shape index (κ3) is 4.64. The first-order valence-corrected chi connectivity index (χ1v) is 14.9. The lowest BCUT2D eigenvalue weighted by Crippen LogP contribution is -2.33. The van der Waals surface area contributed by atoms with Crippen molar-refractivity contribution in [3.63, 3.8) is 0 Å². The van der Waals surface area contributed by atoms with Crippen molar-refractivity contribution in [2.45, 2.75) is 12.5 Å². The summed E-state index contributed by atoms with van der Waals surface area (Å²) in [6.07, 6.45) is 0. The van der Waals surface area contributed by atoms with E-state index in [2.05, 4.69) is 16.0 Å². The van der Waals surface area contributed by atoms with E-state index < -0.39 is 5.60 Å². The molecule has 0 bridgehead atoms. The fourth-order valence-corrected chi connectivity index (χ4v) is 6.20. The molecular weight excluding hydrogens is 558 g/mol. The molecule has 0 saturated heterocycles. The van der Waals surface area contributed by atoms with Crippen LogP contribution in [0.1, 0.15) is 32.6 Å². The molecule has 0 fully saturated rings. The van der Waals surface area contributed by atoms with Crippen LogP contribution in [0.4, 0.5) is 34.1 Å². The van der Waals surface area contributed by atoms with E-state index >= 15 is 0 Å². The van der Waals surface area contributed by atoms with Crippen molar-refractivity contribution in [3.8, 4) is 11.5 Å². The van der Waals surface area contributed by atoms with Crippen molar-refractivity contribution in [2.24, 2.45) is 0 Å². The Kier molecular flexibility index (Phi) is 6.27. The molecule has 2 aliphatic rings. The summed E-state index contributed by atoms with van der Waals surface area (Å²) >= 11 is 0. The minimum Gasteiger partial charge on any atom is -0.456 e. The Morgan fingerprint density at radius 1 is 0.511 bits per heavy atom. The molecule has 2 heterocycles. The fourth-order valence-electron chi connectivity index (χ4n) is 6.20. The number of fused-ring (bicyclic) bond motifs is 6. The first-order chi connectivity index (χ1) is 22.1. The van der Waals surface area contributed by atoms with Gasteiger partial charge in [0, 0.05) is 56.9 Å². The van der Waals surface area contributed by atoms with Crippen molar-refractivity contribution >= 4 is 40.1 Å². The van der Waals surface area contributed by atoms with Gasteiger partial charge in [0.25, 0.3) is 0 Å². The first-order valence-electron chi connectivity index (χ1n) is 14.9. The lowest BCUT2D eigenvalue weighted by atomic mass is 9.77. The molecule has 0 saturated carbocycles. The van der Waals surface area contributed by atoms with Crippen LogP contribution in [0.2, 0.25) is 0 Å². The highest BCUT2D eigenvalue weighted by atomic mass is 16.6. The van der Waals surface area contributed by atoms with Crippen LogP contribution in [-0.2, 0) is 10.3 Å². The summed E-state index contributed by atoms with van der Waals surface area (Å²) in [4.78, 5) is 13.4. The smallest absolute Gasteiger partial charge is 0.340 e. The number of benzene rings is 6. The number of carbonyl (C=O) groups excluding carboxylic acids is 1. The van der Waals surface area contributed by atoms with E-state index in [1.165, 1.54) is 0 Å². The lowest BCUT2D eigenvalue weighted by Gasteiger charge is -2.37. The average Bonchev–Trinajstić information content (AvgIpc) is 3.36. The molecule has 1 spiro atoms. The van der Waals surface area contributed by atoms with Crippen LogP contribution in [0.25, 0.3) is 0 Å². The van der Waals surface area contributed by atoms with Crippen molar-refractivity contribution in [1.82, 2.24) is 0 Å². The molecule has 1 unspecified atom stereocenters. The monoisotopic (exact) mass is 587 g/mol. The number of rotatable bonds is 6. The van der Waals surface area contributed by atoms with Gasteiger partial charge in [0.2, 0.25) is 0 Å². The number of para-hydroxylation sites is 2. The van der Waals surface area contributed by atoms with Crippen molar-refractivity contribution in [3.05, 3.63) is 167 Å². The van der Waals surface area contributed by atoms with Gasteiger partial charge in [-0.15, -0.1) is 0 Å². The van der Waals surface area contributed by atoms with Gasteiger partial charge < -0.3 is 25.4 Å². The molecule has 0 aliphatic carbocycles. The van der Waals surface area contributed by atoms with E-state index in [9.17, 15) is 4.79 Å². The topological polar surface area (TPSA) is 71.6 Å². The molecule has 0 amide bonds. The maximum absolute atomic E-state index is 13.4. The van der Waals surface area contributed by atoms with Crippen LogP contribution in [0.3, 0.4) is 0 Å². The van der Waals surface area contributed by atoms with Gasteiger partial charge in [0.15, 0.2) is 5.60 Å². The standard InChI is InChI=1S/C39H29N3O3/c1-25-22-36-34(24-35(25)42-27-12-6-3-7-13-27)39(32-15-9-8-14-31(32)38(43)45-39)33-21-20-30(23-37(33)44-36)41-29-18-16-28(17-19-29)40-26-10-4-2-5-11-26/h2-24,40-42H,1H3. The second kappa shape index (κ2) is 10.6. The number of hydrogen-bond acceptors (Lipinski definition) is 6. The van der Waals surface area contributed by atoms with Gasteiger partial charge in [-0.25, -0.2) is 4.79 Å². The molecule has 3 N–H and O–H groups in total. The highest BCUT2D eigenvalue weighted by molar-refractivity contribution is 5.97. The molecule has 8 rings (SSSR count). The molecule has 6 aromatic rings. The quantitative estimate of drug-likeness (QED) is 0.169. The van der Waals surface area contributed by atoms with Crippen molar-refractivity contribution in [2.75, 3.05) is 16.0 Å². The summed E-state index contributed by atoms with van der Waals surface area (Å²) in [5.74, 6) is 0.924. The Hall–Kier alpha value is -6.01. The zero-order valence-electron chi connectivity index (χ0n) is 24.5. The molecule has 6 aromatic carbocycles. The Bertz CT molecular complexity index is 2060. The van der Waals surface area contributed by atoms with Crippen LogP contribution < -0.4 is 20.7 Å². The predicted octanol–water partition coefficient (Wildman–Crippen LogP) is 9.79. The molecule has 2 aliphatic heterocycles. The third-order valence-electron chi connectivity index (χ3n) is 8.35. The van der Waals surface area contributed by atoms with Crippen molar-refractivity contribution < 1.29 is 14.3 Å². The Balaban J connectivity index is 1.17. The van der Waals surface area contributed by atoms with E-state index in [0.717, 1.165) is 56.4 Å². The van der Waals surface area contributed by atoms with Crippen LogP contribution in [0.15, 0.2) is 140 Å². The zero-order valence-corrected chi connectivity index (χ0v) is 24.5. The predicted molar refractivity (Wildman–Crippen MR) is 179 cm³/mol. The Morgan fingerprint density at radius 2 is 1.07 bits per heavy atom. The van der Waals surface area contributed by atoms with Gasteiger partial charge in [-0.2, -0.15) is 0 Å². The SMILES string of the molecule is Cc1cc2c(cc1Nc1ccccc1)C1(OC(=O)c3ccccc31)c1ccc(Nc3ccc(Nc4ccccc4)cc3)cc1O2. The molecular formula is C39H29N3O3. The number of ether oxygens (including phenoxy) is 2. The molecule has 45 heavy (non-hydrogen) atoms. The van der Waals surface area contributed by atoms with Gasteiger partial charge in [0.05, 0.1) is 5.56 Å². The summed E-state index contributed by atoms with van der Waals surface area (Å²) in [6, 6.07) is 45.9. The minimum atomic E-state index is -1.15. The van der Waals surface area contributed by atoms with E-state index in [4.69, 9.17) is 9.47 Å². The molecule has 0 radical (unpaired) electrons. The van der Waals surface area contributed by atoms with E-state index in [1.54, 1.807) is 0 Å². The second-order valence-electron chi connectivity index (χ2n) is 11.3. The maximum Gasteiger partial charge on any atom is 0.340 e. The zero-order chi connectivity index (χ0) is 30.4. The normalized spacial score (nSPS) is 15.7. The van der Waals surface area contributed by atoms with Gasteiger partial charge in [-0.05, 0) is 91.3 Å². The van der Waals surface area contributed by atoms with Crippen LogP contribution >= 0.6 is 0 Å². The molecule has 1 atom stereocenters. The minimum absolute atomic E-state index is 0.353. The number of anilines is 6. The van der Waals surface area contributed by atoms with Gasteiger partial charge >= 0.3 is 5.97 Å². The number of carbonyl (C=O) groups is 1. The Morgan fingerprint density at radius 3 is 1.78 bits per heavy atom. The summed E-state index contributed by atoms with van der Waals surface area (Å²) < 4.78 is 13.0. The van der Waals surface area contributed by atoms with Crippen LogP contribution in [-0.4, -0.2) is 5.97 Å². The number of esters is 1. The van der Waals surface area contributed by atoms with Crippen molar-refractivity contribution in [1.29, 1.82) is 0 Å². The summed E-state index contributed by atoms with van der Waals surface area (Å²) in [7, 11) is 0. The number of nitrogens with one attached hydrogen (secondary N) is 3. The summed E-state index contributed by atoms with van der Waals surface area (Å²) in [5.41, 5.74) is 8.47. The fraction of sp³-hybridized carbons (Fsp3) is 0.0513. The van der Waals surface area contributed by atoms with E-state index in [1.807, 2.05) is 146 Å². The Labute approximate surface area is 261 Å². The number of hydrogen-bond donors (Lipinski definition) is 3. The highest BCUT2D eigenvalue weighted by Gasteiger charge is 2.53. The summed E-state index contributed by atoms with van der Waals surface area (Å²) in [6.45, 7) is 2.04. The van der Waals surface area contributed by atoms with Crippen LogP contribution in [0, 0.1) is 6.92 Å². The highest BCUT2D eigenvalue weighted by Crippen LogP contribution is 2.57. The molecule has 0 aromatic heterocycles. The molecule has 6 nitrogen and oxygen atoms in total. The molecule has 6 heteroatoms. The van der Waals surface area contributed by atoms with Gasteiger partial charge in [-0.1, -0.05) is 54.6 Å². The van der Waals surface area contributed by atoms with E-state index in [-0.39, 0.29) is 5.97 Å². The van der Waals surface area contributed by atoms with Gasteiger partial charge in [0.1, 0.15) is 11.5 Å².